The molecular formula is C23H19Br2NO3. The van der Waals surface area contributed by atoms with Crippen LogP contribution in [0, 0.1) is 13.8 Å². The third-order valence-corrected chi connectivity index (χ3v) is 5.50. The number of aromatic carboxylic acids is 1. The number of aryl methyl sites for hydroxylation is 2. The van der Waals surface area contributed by atoms with Crippen LogP contribution in [0.15, 0.2) is 68.5 Å². The van der Waals surface area contributed by atoms with Gasteiger partial charge in [-0.3, -0.25) is 4.99 Å². The number of carboxylic acid groups (broad SMARTS) is 1. The lowest BCUT2D eigenvalue weighted by atomic mass is 10.1. The molecule has 0 amide bonds. The zero-order chi connectivity index (χ0) is 21.0. The number of rotatable bonds is 6. The molecule has 0 heterocycles. The zero-order valence-electron chi connectivity index (χ0n) is 15.9. The standard InChI is InChI=1S/C23H19Br2NO3/c1-14-3-4-15(2)21(9-14)26-12-17-10-19(24)22(20(25)11-17)29-13-16-5-7-18(8-6-16)23(27)28/h3-12H,13H2,1-2H3,(H,27,28). The Hall–Kier alpha value is -2.44. The summed E-state index contributed by atoms with van der Waals surface area (Å²) in [6.45, 7) is 4.41. The van der Waals surface area contributed by atoms with E-state index < -0.39 is 5.97 Å². The smallest absolute Gasteiger partial charge is 0.335 e. The number of hydrogen-bond acceptors (Lipinski definition) is 3. The SMILES string of the molecule is Cc1ccc(C)c(N=Cc2cc(Br)c(OCc3ccc(C(=O)O)cc3)c(Br)c2)c1. The Morgan fingerprint density at radius 1 is 1.03 bits per heavy atom. The average Bonchev–Trinajstić information content (AvgIpc) is 2.68. The van der Waals surface area contributed by atoms with Crippen molar-refractivity contribution in [2.75, 3.05) is 0 Å². The number of aliphatic imine (C=N–C) groups is 1. The summed E-state index contributed by atoms with van der Waals surface area (Å²) < 4.78 is 7.53. The predicted molar refractivity (Wildman–Crippen MR) is 123 cm³/mol. The minimum atomic E-state index is -0.943. The van der Waals surface area contributed by atoms with Gasteiger partial charge in [0.15, 0.2) is 0 Å². The average molecular weight is 517 g/mol. The lowest BCUT2D eigenvalue weighted by Crippen LogP contribution is -2.00. The fraction of sp³-hybridized carbons (Fsp3) is 0.130. The quantitative estimate of drug-likeness (QED) is 0.364. The van der Waals surface area contributed by atoms with E-state index in [4.69, 9.17) is 9.84 Å². The second-order valence-corrected chi connectivity index (χ2v) is 8.36. The number of carbonyl (C=O) groups is 1. The van der Waals surface area contributed by atoms with Crippen molar-refractivity contribution in [3.8, 4) is 5.75 Å². The summed E-state index contributed by atoms with van der Waals surface area (Å²) in [5, 5.41) is 8.97. The lowest BCUT2D eigenvalue weighted by molar-refractivity contribution is 0.0697. The third-order valence-electron chi connectivity index (χ3n) is 4.32. The molecule has 0 aromatic heterocycles. The van der Waals surface area contributed by atoms with Crippen molar-refractivity contribution in [2.45, 2.75) is 20.5 Å². The van der Waals surface area contributed by atoms with Crippen molar-refractivity contribution in [3.63, 3.8) is 0 Å². The lowest BCUT2D eigenvalue weighted by Gasteiger charge is -2.11. The van der Waals surface area contributed by atoms with E-state index in [1.807, 2.05) is 32.2 Å². The minimum Gasteiger partial charge on any atom is -0.487 e. The highest BCUT2D eigenvalue weighted by molar-refractivity contribution is 9.11. The molecule has 0 saturated heterocycles. The summed E-state index contributed by atoms with van der Waals surface area (Å²) in [6, 6.07) is 16.7. The first kappa shape index (κ1) is 21.3. The van der Waals surface area contributed by atoms with Crippen LogP contribution < -0.4 is 4.74 Å². The molecule has 0 unspecified atom stereocenters. The van der Waals surface area contributed by atoms with Gasteiger partial charge in [-0.15, -0.1) is 0 Å². The highest BCUT2D eigenvalue weighted by Crippen LogP contribution is 2.35. The molecule has 3 aromatic carbocycles. The molecule has 0 spiro atoms. The molecule has 0 radical (unpaired) electrons. The number of hydrogen-bond donors (Lipinski definition) is 1. The Morgan fingerprint density at radius 2 is 1.69 bits per heavy atom. The number of nitrogens with zero attached hydrogens (tertiary/aromatic N) is 1. The van der Waals surface area contributed by atoms with Crippen molar-refractivity contribution in [3.05, 3.63) is 91.4 Å². The van der Waals surface area contributed by atoms with Crippen LogP contribution in [0.1, 0.15) is 32.6 Å². The van der Waals surface area contributed by atoms with Crippen LogP contribution in [0.4, 0.5) is 5.69 Å². The maximum Gasteiger partial charge on any atom is 0.335 e. The maximum absolute atomic E-state index is 10.9. The molecule has 1 N–H and O–H groups in total. The summed E-state index contributed by atoms with van der Waals surface area (Å²) >= 11 is 7.12. The third kappa shape index (κ3) is 5.55. The van der Waals surface area contributed by atoms with Crippen molar-refractivity contribution >= 4 is 49.7 Å². The molecule has 148 valence electrons. The fourth-order valence-corrected chi connectivity index (χ4v) is 4.14. The molecule has 0 aliphatic heterocycles. The van der Waals surface area contributed by atoms with Crippen molar-refractivity contribution in [2.24, 2.45) is 4.99 Å². The van der Waals surface area contributed by atoms with Gasteiger partial charge >= 0.3 is 5.97 Å². The minimum absolute atomic E-state index is 0.253. The van der Waals surface area contributed by atoms with Crippen molar-refractivity contribution in [1.82, 2.24) is 0 Å². The molecule has 29 heavy (non-hydrogen) atoms. The number of ether oxygens (including phenoxy) is 1. The highest BCUT2D eigenvalue weighted by atomic mass is 79.9. The molecule has 0 saturated carbocycles. The van der Waals surface area contributed by atoms with Crippen LogP contribution >= 0.6 is 31.9 Å². The van der Waals surface area contributed by atoms with Gasteiger partial charge in [-0.05, 0) is 98.3 Å². The van der Waals surface area contributed by atoms with E-state index in [9.17, 15) is 4.79 Å². The van der Waals surface area contributed by atoms with Gasteiger partial charge in [0.25, 0.3) is 0 Å². The molecule has 3 rings (SSSR count). The molecular weight excluding hydrogens is 498 g/mol. The number of carboxylic acids is 1. The van der Waals surface area contributed by atoms with Gasteiger partial charge < -0.3 is 9.84 Å². The van der Waals surface area contributed by atoms with E-state index in [1.54, 1.807) is 24.3 Å². The molecule has 6 heteroatoms. The van der Waals surface area contributed by atoms with Gasteiger partial charge in [-0.2, -0.15) is 0 Å². The fourth-order valence-electron chi connectivity index (χ4n) is 2.69. The number of halogens is 2. The molecule has 4 nitrogen and oxygen atoms in total. The Balaban J connectivity index is 1.74. The van der Waals surface area contributed by atoms with Crippen LogP contribution in [-0.4, -0.2) is 17.3 Å². The summed E-state index contributed by atoms with van der Waals surface area (Å²) in [5.74, 6) is -0.266. The molecule has 0 aliphatic carbocycles. The Morgan fingerprint density at radius 3 is 2.31 bits per heavy atom. The van der Waals surface area contributed by atoms with Gasteiger partial charge in [0.1, 0.15) is 12.4 Å². The first-order chi connectivity index (χ1) is 13.8. The Kier molecular flexibility index (Phi) is 6.87. The first-order valence-corrected chi connectivity index (χ1v) is 10.5. The van der Waals surface area contributed by atoms with Crippen LogP contribution in [-0.2, 0) is 6.61 Å². The van der Waals surface area contributed by atoms with Crippen molar-refractivity contribution < 1.29 is 14.6 Å². The second-order valence-electron chi connectivity index (χ2n) is 6.65. The molecule has 0 atom stereocenters. The van der Waals surface area contributed by atoms with Gasteiger partial charge in [0.05, 0.1) is 20.2 Å². The van der Waals surface area contributed by atoms with Crippen LogP contribution in [0.3, 0.4) is 0 Å². The Labute approximate surface area is 186 Å². The second kappa shape index (κ2) is 9.37. The van der Waals surface area contributed by atoms with Crippen LogP contribution in [0.2, 0.25) is 0 Å². The highest BCUT2D eigenvalue weighted by Gasteiger charge is 2.10. The van der Waals surface area contributed by atoms with Gasteiger partial charge in [-0.1, -0.05) is 24.3 Å². The Bertz CT molecular complexity index is 1050. The maximum atomic E-state index is 10.9. The number of benzene rings is 3. The van der Waals surface area contributed by atoms with E-state index in [2.05, 4.69) is 55.1 Å². The van der Waals surface area contributed by atoms with Gasteiger partial charge in [0.2, 0.25) is 0 Å². The van der Waals surface area contributed by atoms with Gasteiger partial charge in [0, 0.05) is 6.21 Å². The topological polar surface area (TPSA) is 58.9 Å². The van der Waals surface area contributed by atoms with E-state index >= 15 is 0 Å². The monoisotopic (exact) mass is 515 g/mol. The van der Waals surface area contributed by atoms with E-state index in [-0.39, 0.29) is 5.56 Å². The normalized spacial score (nSPS) is 11.0. The zero-order valence-corrected chi connectivity index (χ0v) is 19.1. The molecule has 0 aliphatic rings. The molecule has 0 fully saturated rings. The van der Waals surface area contributed by atoms with Crippen molar-refractivity contribution in [1.29, 1.82) is 0 Å². The summed E-state index contributed by atoms with van der Waals surface area (Å²) in [7, 11) is 0. The first-order valence-electron chi connectivity index (χ1n) is 8.89. The summed E-state index contributed by atoms with van der Waals surface area (Å²) in [5.41, 5.74) is 5.31. The summed E-state index contributed by atoms with van der Waals surface area (Å²) in [4.78, 5) is 15.5. The predicted octanol–water partition coefficient (Wildman–Crippen LogP) is 6.86. The largest absolute Gasteiger partial charge is 0.487 e. The van der Waals surface area contributed by atoms with Gasteiger partial charge in [-0.25, -0.2) is 4.79 Å². The molecule has 0 bridgehead atoms. The summed E-state index contributed by atoms with van der Waals surface area (Å²) in [6.07, 6.45) is 1.83. The van der Waals surface area contributed by atoms with E-state index in [0.29, 0.717) is 12.4 Å². The van der Waals surface area contributed by atoms with E-state index in [1.165, 1.54) is 5.56 Å². The molecule has 3 aromatic rings. The van der Waals surface area contributed by atoms with Crippen LogP contribution in [0.5, 0.6) is 5.75 Å². The van der Waals surface area contributed by atoms with Crippen LogP contribution in [0.25, 0.3) is 0 Å². The van der Waals surface area contributed by atoms with E-state index in [0.717, 1.165) is 31.3 Å².